The van der Waals surface area contributed by atoms with Gasteiger partial charge < -0.3 is 24.4 Å². The molecular weight excluding hydrogens is 461 g/mol. The van der Waals surface area contributed by atoms with Crippen molar-refractivity contribution in [1.82, 2.24) is 10.2 Å². The fourth-order valence-corrected chi connectivity index (χ4v) is 6.78. The Kier molecular flexibility index (Phi) is 6.58. The fourth-order valence-electron chi connectivity index (χ4n) is 6.78. The van der Waals surface area contributed by atoms with Crippen LogP contribution in [0.4, 0.5) is 5.69 Å². The molecule has 4 fully saturated rings. The first-order valence-electron chi connectivity index (χ1n) is 13.5. The predicted molar refractivity (Wildman–Crippen MR) is 143 cm³/mol. The molecule has 1 aromatic carbocycles. The van der Waals surface area contributed by atoms with Gasteiger partial charge in [-0.25, -0.2) is 0 Å². The number of hydrogen-bond acceptors (Lipinski definition) is 5. The van der Waals surface area contributed by atoms with Crippen molar-refractivity contribution in [1.29, 1.82) is 0 Å². The maximum Gasteiger partial charge on any atom is 0.494 e. The van der Waals surface area contributed by atoms with E-state index in [4.69, 9.17) is 9.31 Å². The number of hydrogen-bond donors (Lipinski definition) is 1. The van der Waals surface area contributed by atoms with Gasteiger partial charge in [0.25, 0.3) is 0 Å². The Bertz CT molecular complexity index is 952. The third kappa shape index (κ3) is 3.97. The van der Waals surface area contributed by atoms with Gasteiger partial charge in [-0.3, -0.25) is 4.79 Å². The van der Waals surface area contributed by atoms with Crippen molar-refractivity contribution in [3.63, 3.8) is 0 Å². The number of piperidine rings is 2. The number of rotatable bonds is 3. The van der Waals surface area contributed by atoms with Crippen molar-refractivity contribution in [3.05, 3.63) is 23.8 Å². The Morgan fingerprint density at radius 2 is 1.57 bits per heavy atom. The van der Waals surface area contributed by atoms with Gasteiger partial charge in [-0.2, -0.15) is 0 Å². The van der Waals surface area contributed by atoms with Crippen molar-refractivity contribution in [2.45, 2.75) is 101 Å². The molecule has 8 heteroatoms. The minimum atomic E-state index is -0.403. The molecule has 0 unspecified atom stereocenters. The van der Waals surface area contributed by atoms with Crippen LogP contribution in [-0.2, 0) is 19.5 Å². The highest BCUT2D eigenvalue weighted by Crippen LogP contribution is 2.50. The first kappa shape index (κ1) is 25.5. The summed E-state index contributed by atoms with van der Waals surface area (Å²) >= 11 is 0. The molecule has 0 bridgehead atoms. The number of nitrogens with one attached hydrogen (secondary N) is 1. The third-order valence-electron chi connectivity index (χ3n) is 9.77. The van der Waals surface area contributed by atoms with Gasteiger partial charge in [-0.15, -0.1) is 12.4 Å². The van der Waals surface area contributed by atoms with Crippen LogP contribution in [0.25, 0.3) is 0 Å². The summed E-state index contributed by atoms with van der Waals surface area (Å²) in [6.07, 6.45) is 7.96. The zero-order chi connectivity index (χ0) is 23.7. The lowest BCUT2D eigenvalue weighted by molar-refractivity contribution is -0.125. The van der Waals surface area contributed by atoms with Crippen LogP contribution in [0.5, 0.6) is 0 Å². The highest BCUT2D eigenvalue weighted by atomic mass is 35.5. The normalized spacial score (nSPS) is 31.3. The fraction of sp³-hybridized carbons (Fsp3) is 0.741. The van der Waals surface area contributed by atoms with Gasteiger partial charge in [0.15, 0.2) is 0 Å². The summed E-state index contributed by atoms with van der Waals surface area (Å²) in [5, 5.41) is 3.47. The minimum Gasteiger partial charge on any atom is -0.399 e. The molecule has 1 aliphatic carbocycles. The summed E-state index contributed by atoms with van der Waals surface area (Å²) in [5.74, 6) is 0.331. The molecule has 35 heavy (non-hydrogen) atoms. The van der Waals surface area contributed by atoms with Crippen LogP contribution in [0.15, 0.2) is 18.2 Å². The summed E-state index contributed by atoms with van der Waals surface area (Å²) in [4.78, 5) is 19.0. The summed E-state index contributed by atoms with van der Waals surface area (Å²) in [6, 6.07) is 7.50. The molecule has 1 saturated carbocycles. The van der Waals surface area contributed by atoms with Crippen LogP contribution in [0.2, 0.25) is 0 Å². The van der Waals surface area contributed by atoms with Crippen molar-refractivity contribution in [2.75, 3.05) is 31.1 Å². The van der Waals surface area contributed by atoms with Crippen LogP contribution in [0.3, 0.4) is 0 Å². The molecule has 1 spiro atoms. The molecule has 4 aliphatic heterocycles. The van der Waals surface area contributed by atoms with Gasteiger partial charge in [0, 0.05) is 17.8 Å². The standard InChI is InChI=1S/C27H40BN3O3.ClH/c1-25(2)26(3,4)34-28(33-25)19-8-9-22-23(16-19)31(24(32)27(22)10-12-29-13-11-27)21-17-20(18-21)30-14-6-5-7-15-30;/h8-9,16,20-21,29H,5-7,10-15,17-18H2,1-4H3;1H. The average Bonchev–Trinajstić information content (AvgIpc) is 3.15. The van der Waals surface area contributed by atoms with E-state index in [9.17, 15) is 4.79 Å². The van der Waals surface area contributed by atoms with Crippen LogP contribution in [0.1, 0.15) is 78.2 Å². The van der Waals surface area contributed by atoms with E-state index < -0.39 is 7.12 Å². The number of likely N-dealkylation sites (tertiary alicyclic amines) is 1. The number of fused-ring (bicyclic) bond motifs is 2. The van der Waals surface area contributed by atoms with Gasteiger partial charge in [0.05, 0.1) is 16.6 Å². The number of carbonyl (C=O) groups excluding carboxylic acids is 1. The molecule has 1 amide bonds. The summed E-state index contributed by atoms with van der Waals surface area (Å²) in [6.45, 7) is 12.6. The van der Waals surface area contributed by atoms with E-state index in [1.54, 1.807) is 0 Å². The van der Waals surface area contributed by atoms with Crippen molar-refractivity contribution in [2.24, 2.45) is 0 Å². The second-order valence-electron chi connectivity index (χ2n) is 12.2. The maximum absolute atomic E-state index is 14.1. The van der Waals surface area contributed by atoms with Crippen LogP contribution >= 0.6 is 12.4 Å². The highest BCUT2D eigenvalue weighted by Gasteiger charge is 2.56. The Labute approximate surface area is 217 Å². The molecule has 0 radical (unpaired) electrons. The van der Waals surface area contributed by atoms with E-state index in [2.05, 4.69) is 61.0 Å². The van der Waals surface area contributed by atoms with Gasteiger partial charge in [0.1, 0.15) is 0 Å². The van der Waals surface area contributed by atoms with Gasteiger partial charge in [-0.1, -0.05) is 18.6 Å². The Morgan fingerprint density at radius 3 is 2.20 bits per heavy atom. The van der Waals surface area contributed by atoms with Crippen molar-refractivity contribution >= 4 is 36.6 Å². The topological polar surface area (TPSA) is 54.0 Å². The molecule has 6 nitrogen and oxygen atoms in total. The smallest absolute Gasteiger partial charge is 0.399 e. The van der Waals surface area contributed by atoms with Crippen molar-refractivity contribution < 1.29 is 14.1 Å². The summed E-state index contributed by atoms with van der Waals surface area (Å²) in [7, 11) is -0.403. The number of carbonyl (C=O) groups is 1. The van der Waals surface area contributed by atoms with E-state index in [1.165, 1.54) is 37.9 Å². The molecule has 0 atom stereocenters. The van der Waals surface area contributed by atoms with Crippen LogP contribution < -0.4 is 15.7 Å². The Balaban J connectivity index is 0.00000253. The summed E-state index contributed by atoms with van der Waals surface area (Å²) in [5.41, 5.74) is 2.23. The molecule has 4 heterocycles. The summed E-state index contributed by atoms with van der Waals surface area (Å²) < 4.78 is 12.7. The van der Waals surface area contributed by atoms with E-state index in [0.717, 1.165) is 49.9 Å². The number of anilines is 1. The zero-order valence-electron chi connectivity index (χ0n) is 21.8. The lowest BCUT2D eigenvalue weighted by Crippen LogP contribution is -2.58. The van der Waals surface area contributed by atoms with Gasteiger partial charge >= 0.3 is 7.12 Å². The van der Waals surface area contributed by atoms with Crippen molar-refractivity contribution in [3.8, 4) is 0 Å². The first-order valence-corrected chi connectivity index (χ1v) is 13.5. The molecule has 6 rings (SSSR count). The molecule has 1 N–H and O–H groups in total. The number of nitrogens with zero attached hydrogens (tertiary/aromatic N) is 2. The molecular formula is C27H41BClN3O3. The average molecular weight is 502 g/mol. The van der Waals surface area contributed by atoms with E-state index >= 15 is 0 Å². The number of benzene rings is 1. The molecule has 0 aromatic heterocycles. The second kappa shape index (κ2) is 9.02. The first-order chi connectivity index (χ1) is 16.2. The van der Waals surface area contributed by atoms with E-state index in [-0.39, 0.29) is 29.0 Å². The SMILES string of the molecule is CC1(C)OB(c2ccc3c(c2)N(C2CC(N4CCCCC4)C2)C(=O)C32CCNCC2)OC1(C)C.Cl. The zero-order valence-corrected chi connectivity index (χ0v) is 22.6. The monoisotopic (exact) mass is 501 g/mol. The van der Waals surface area contributed by atoms with Gasteiger partial charge in [0.2, 0.25) is 5.91 Å². The Morgan fingerprint density at radius 1 is 0.943 bits per heavy atom. The molecule has 1 aromatic rings. The van der Waals surface area contributed by atoms with E-state index in [0.29, 0.717) is 18.0 Å². The van der Waals surface area contributed by atoms with Gasteiger partial charge in [-0.05, 0) is 109 Å². The van der Waals surface area contributed by atoms with Crippen LogP contribution in [0, 0.1) is 0 Å². The van der Waals surface area contributed by atoms with Crippen LogP contribution in [-0.4, -0.2) is 67.4 Å². The lowest BCUT2D eigenvalue weighted by atomic mass is 9.72. The van der Waals surface area contributed by atoms with E-state index in [1.807, 2.05) is 0 Å². The number of amides is 1. The Hall–Kier alpha value is -1.12. The minimum absolute atomic E-state index is 0. The predicted octanol–water partition coefficient (Wildman–Crippen LogP) is 3.39. The molecule has 3 saturated heterocycles. The second-order valence-corrected chi connectivity index (χ2v) is 12.2. The highest BCUT2D eigenvalue weighted by molar-refractivity contribution is 6.62. The molecule has 5 aliphatic rings. The lowest BCUT2D eigenvalue weighted by Gasteiger charge is -2.48. The molecule has 192 valence electrons. The maximum atomic E-state index is 14.1. The largest absolute Gasteiger partial charge is 0.494 e. The number of halogens is 1. The third-order valence-corrected chi connectivity index (χ3v) is 9.77. The quantitative estimate of drug-likeness (QED) is 0.644.